The van der Waals surface area contributed by atoms with Crippen LogP contribution >= 0.6 is 11.3 Å². The van der Waals surface area contributed by atoms with Gasteiger partial charge in [0, 0.05) is 28.8 Å². The highest BCUT2D eigenvalue weighted by Crippen LogP contribution is 2.28. The number of carbonyl (C=O) groups excluding carboxylic acids is 2. The highest BCUT2D eigenvalue weighted by atomic mass is 32.1. The van der Waals surface area contributed by atoms with Crippen LogP contribution < -0.4 is 10.9 Å². The zero-order chi connectivity index (χ0) is 21.3. The molecule has 3 aromatic rings. The molecular weight excluding hydrogens is 398 g/mol. The van der Waals surface area contributed by atoms with Gasteiger partial charge in [-0.1, -0.05) is 6.42 Å². The number of hydrazine groups is 1. The second-order valence-electron chi connectivity index (χ2n) is 7.94. The summed E-state index contributed by atoms with van der Waals surface area (Å²) in [6.07, 6.45) is 6.50. The molecule has 0 atom stereocenters. The Labute approximate surface area is 179 Å². The highest BCUT2D eigenvalue weighted by molar-refractivity contribution is 7.14. The fourth-order valence-corrected chi connectivity index (χ4v) is 5.22. The van der Waals surface area contributed by atoms with Gasteiger partial charge in [-0.15, -0.1) is 11.3 Å². The summed E-state index contributed by atoms with van der Waals surface area (Å²) < 4.78 is 1.82. The van der Waals surface area contributed by atoms with Crippen molar-refractivity contribution < 1.29 is 9.59 Å². The average molecular weight is 426 g/mol. The van der Waals surface area contributed by atoms with Gasteiger partial charge in [-0.3, -0.25) is 20.4 Å². The van der Waals surface area contributed by atoms with Crippen molar-refractivity contribution in [3.63, 3.8) is 0 Å². The van der Waals surface area contributed by atoms with Crippen molar-refractivity contribution in [3.8, 4) is 0 Å². The van der Waals surface area contributed by atoms with Gasteiger partial charge in [-0.25, -0.2) is 9.50 Å². The second-order valence-corrected chi connectivity index (χ2v) is 9.08. The number of fused-ring (bicyclic) bond motifs is 2. The van der Waals surface area contributed by atoms with Crippen LogP contribution in [0, 0.1) is 20.8 Å². The number of nitrogens with zero attached hydrogens (tertiary/aromatic N) is 3. The van der Waals surface area contributed by atoms with E-state index in [0.29, 0.717) is 11.3 Å². The topological polar surface area (TPSA) is 88.4 Å². The molecule has 3 heterocycles. The minimum absolute atomic E-state index is 0.225. The van der Waals surface area contributed by atoms with Gasteiger partial charge in [0.05, 0.1) is 10.6 Å². The van der Waals surface area contributed by atoms with Gasteiger partial charge in [0.2, 0.25) is 5.91 Å². The molecule has 1 aliphatic carbocycles. The fourth-order valence-electron chi connectivity index (χ4n) is 4.07. The molecule has 0 saturated carbocycles. The molecule has 0 unspecified atom stereocenters. The van der Waals surface area contributed by atoms with Crippen molar-refractivity contribution in [2.75, 3.05) is 0 Å². The van der Waals surface area contributed by atoms with Crippen molar-refractivity contribution in [2.45, 2.75) is 65.7 Å². The molecule has 8 heteroatoms. The molecule has 0 aromatic carbocycles. The molecule has 0 saturated heterocycles. The van der Waals surface area contributed by atoms with Crippen LogP contribution in [-0.2, 0) is 24.1 Å². The molecule has 4 rings (SSSR count). The fraction of sp³-hybridized carbons (Fsp3) is 0.455. The van der Waals surface area contributed by atoms with E-state index in [4.69, 9.17) is 0 Å². The van der Waals surface area contributed by atoms with Crippen molar-refractivity contribution >= 4 is 28.8 Å². The van der Waals surface area contributed by atoms with Crippen molar-refractivity contribution in [1.29, 1.82) is 0 Å². The summed E-state index contributed by atoms with van der Waals surface area (Å²) in [5, 5.41) is 4.47. The van der Waals surface area contributed by atoms with E-state index < -0.39 is 0 Å². The maximum Gasteiger partial charge on any atom is 0.279 e. The summed E-state index contributed by atoms with van der Waals surface area (Å²) in [5.41, 5.74) is 11.0. The molecule has 1 aliphatic rings. The minimum atomic E-state index is -0.246. The summed E-state index contributed by atoms with van der Waals surface area (Å²) in [7, 11) is 0. The first-order valence-corrected chi connectivity index (χ1v) is 11.3. The maximum absolute atomic E-state index is 12.4. The molecule has 0 bridgehead atoms. The van der Waals surface area contributed by atoms with E-state index in [0.717, 1.165) is 41.1 Å². The van der Waals surface area contributed by atoms with Crippen LogP contribution in [0.1, 0.15) is 68.4 Å². The SMILES string of the molecule is Cc1cc2nc(C)c(CCC(=O)NNC(=O)c3cc4c(s3)CCCCC4)c(C)n2n1. The van der Waals surface area contributed by atoms with E-state index in [-0.39, 0.29) is 18.2 Å². The van der Waals surface area contributed by atoms with Gasteiger partial charge in [0.25, 0.3) is 5.91 Å². The minimum Gasteiger partial charge on any atom is -0.273 e. The van der Waals surface area contributed by atoms with E-state index in [1.165, 1.54) is 29.7 Å². The van der Waals surface area contributed by atoms with Crippen LogP contribution in [0.4, 0.5) is 0 Å². The third-order valence-electron chi connectivity index (χ3n) is 5.67. The zero-order valence-corrected chi connectivity index (χ0v) is 18.5. The Morgan fingerprint density at radius 2 is 1.90 bits per heavy atom. The van der Waals surface area contributed by atoms with Crippen LogP contribution in [0.15, 0.2) is 12.1 Å². The molecule has 0 fully saturated rings. The Kier molecular flexibility index (Phi) is 5.85. The lowest BCUT2D eigenvalue weighted by Gasteiger charge is -2.11. The zero-order valence-electron chi connectivity index (χ0n) is 17.7. The van der Waals surface area contributed by atoms with Gasteiger partial charge < -0.3 is 0 Å². The second kappa shape index (κ2) is 8.55. The average Bonchev–Trinajstić information content (AvgIpc) is 3.22. The van der Waals surface area contributed by atoms with Crippen LogP contribution in [0.5, 0.6) is 0 Å². The summed E-state index contributed by atoms with van der Waals surface area (Å²) in [5.74, 6) is -0.471. The lowest BCUT2D eigenvalue weighted by atomic mass is 10.1. The molecule has 3 aromatic heterocycles. The molecule has 2 N–H and O–H groups in total. The van der Waals surface area contributed by atoms with Crippen LogP contribution in [0.25, 0.3) is 5.65 Å². The molecule has 158 valence electrons. The lowest BCUT2D eigenvalue weighted by Crippen LogP contribution is -2.41. The van der Waals surface area contributed by atoms with Gasteiger partial charge in [0.15, 0.2) is 5.65 Å². The number of carbonyl (C=O) groups is 2. The first-order chi connectivity index (χ1) is 14.4. The predicted molar refractivity (Wildman–Crippen MR) is 117 cm³/mol. The van der Waals surface area contributed by atoms with E-state index in [1.807, 2.05) is 37.4 Å². The van der Waals surface area contributed by atoms with Crippen molar-refractivity contribution in [2.24, 2.45) is 0 Å². The summed E-state index contributed by atoms with van der Waals surface area (Å²) in [6, 6.07) is 3.92. The third-order valence-corrected chi connectivity index (χ3v) is 6.91. The Morgan fingerprint density at radius 3 is 2.73 bits per heavy atom. The van der Waals surface area contributed by atoms with Gasteiger partial charge in [-0.2, -0.15) is 5.10 Å². The largest absolute Gasteiger partial charge is 0.279 e. The molecule has 0 aliphatic heterocycles. The summed E-state index contributed by atoms with van der Waals surface area (Å²) >= 11 is 1.54. The Hall–Kier alpha value is -2.74. The predicted octanol–water partition coefficient (Wildman–Crippen LogP) is 3.38. The first-order valence-electron chi connectivity index (χ1n) is 10.5. The van der Waals surface area contributed by atoms with Crippen LogP contribution in [-0.4, -0.2) is 26.4 Å². The molecule has 0 spiro atoms. The number of hydrogen-bond donors (Lipinski definition) is 2. The number of aromatic nitrogens is 3. The summed E-state index contributed by atoms with van der Waals surface area (Å²) in [4.78, 5) is 31.3. The molecular formula is C22H27N5O2S. The molecule has 0 radical (unpaired) electrons. The lowest BCUT2D eigenvalue weighted by molar-refractivity contribution is -0.121. The van der Waals surface area contributed by atoms with Crippen LogP contribution in [0.3, 0.4) is 0 Å². The normalized spacial score (nSPS) is 13.7. The van der Waals surface area contributed by atoms with E-state index >= 15 is 0 Å². The van der Waals surface area contributed by atoms with Gasteiger partial charge in [-0.05, 0) is 70.1 Å². The number of hydrogen-bond acceptors (Lipinski definition) is 5. The number of aryl methyl sites for hydroxylation is 5. The Morgan fingerprint density at radius 1 is 1.10 bits per heavy atom. The van der Waals surface area contributed by atoms with Crippen molar-refractivity contribution in [3.05, 3.63) is 50.1 Å². The number of thiophene rings is 1. The van der Waals surface area contributed by atoms with Gasteiger partial charge >= 0.3 is 0 Å². The Balaban J connectivity index is 1.34. The van der Waals surface area contributed by atoms with E-state index in [1.54, 1.807) is 11.3 Å². The standard InChI is InChI=1S/C22H27N5O2S/c1-13-11-20-23-14(2)17(15(3)27(20)26-13)9-10-21(28)24-25-22(29)19-12-16-7-5-4-6-8-18(16)30-19/h11-12H,4-10H2,1-3H3,(H,24,28)(H,25,29). The monoisotopic (exact) mass is 425 g/mol. The Bertz CT molecular complexity index is 1090. The number of nitrogens with one attached hydrogen (secondary N) is 2. The maximum atomic E-state index is 12.4. The molecule has 7 nitrogen and oxygen atoms in total. The summed E-state index contributed by atoms with van der Waals surface area (Å²) in [6.45, 7) is 5.87. The highest BCUT2D eigenvalue weighted by Gasteiger charge is 2.17. The number of amides is 2. The molecule has 30 heavy (non-hydrogen) atoms. The van der Waals surface area contributed by atoms with Crippen molar-refractivity contribution in [1.82, 2.24) is 25.4 Å². The number of rotatable bonds is 4. The smallest absolute Gasteiger partial charge is 0.273 e. The van der Waals surface area contributed by atoms with Gasteiger partial charge in [0.1, 0.15) is 0 Å². The first kappa shape index (κ1) is 20.5. The van der Waals surface area contributed by atoms with E-state index in [9.17, 15) is 9.59 Å². The quantitative estimate of drug-likeness (QED) is 0.495. The molecule has 2 amide bonds. The van der Waals surface area contributed by atoms with Crippen LogP contribution in [0.2, 0.25) is 0 Å². The third kappa shape index (κ3) is 4.23. The van der Waals surface area contributed by atoms with E-state index in [2.05, 4.69) is 20.9 Å².